The number of fused-ring (bicyclic) bond motifs is 1. The van der Waals surface area contributed by atoms with Crippen LogP contribution in [0, 0.1) is 13.8 Å². The van der Waals surface area contributed by atoms with Crippen molar-refractivity contribution in [3.05, 3.63) is 51.7 Å². The summed E-state index contributed by atoms with van der Waals surface area (Å²) in [6, 6.07) is 5.95. The number of carbonyl (C=O) groups excluding carboxylic acids is 1. The van der Waals surface area contributed by atoms with Crippen LogP contribution in [0.4, 0.5) is 0 Å². The van der Waals surface area contributed by atoms with Gasteiger partial charge in [0, 0.05) is 11.6 Å². The first-order valence-corrected chi connectivity index (χ1v) is 8.29. The van der Waals surface area contributed by atoms with E-state index in [2.05, 4.69) is 11.1 Å². The van der Waals surface area contributed by atoms with Crippen LogP contribution >= 0.6 is 22.9 Å². The largest absolute Gasteiger partial charge is 0.490 e. The van der Waals surface area contributed by atoms with Crippen molar-refractivity contribution in [3.8, 4) is 5.75 Å². The Bertz CT molecular complexity index is 836. The number of aromatic nitrogens is 2. The number of carbonyl (C=O) groups is 1. The first-order valence-electron chi connectivity index (χ1n) is 7.04. The minimum atomic E-state index is -0.509. The highest BCUT2D eigenvalue weighted by molar-refractivity contribution is 7.15. The number of hydrogen-bond donors (Lipinski definition) is 0. The minimum absolute atomic E-state index is 0.138. The molecule has 1 aromatic carbocycles. The van der Waals surface area contributed by atoms with Gasteiger partial charge in [0.05, 0.1) is 0 Å². The van der Waals surface area contributed by atoms with Crippen LogP contribution in [-0.4, -0.2) is 28.6 Å². The van der Waals surface area contributed by atoms with E-state index in [1.54, 1.807) is 10.6 Å². The number of nitrogens with zero attached hydrogens (tertiary/aromatic N) is 2. The second-order valence-electron chi connectivity index (χ2n) is 5.11. The van der Waals surface area contributed by atoms with Crippen molar-refractivity contribution in [1.29, 1.82) is 0 Å². The number of rotatable bonds is 5. The summed E-state index contributed by atoms with van der Waals surface area (Å²) in [6.45, 7) is 4.43. The molecule has 0 radical (unpaired) electrons. The van der Waals surface area contributed by atoms with E-state index in [4.69, 9.17) is 21.1 Å². The molecule has 0 bridgehead atoms. The maximum absolute atomic E-state index is 12.1. The minimum Gasteiger partial charge on any atom is -0.490 e. The van der Waals surface area contributed by atoms with Crippen molar-refractivity contribution in [2.75, 3.05) is 13.2 Å². The van der Waals surface area contributed by atoms with Crippen LogP contribution in [0.5, 0.6) is 5.75 Å². The quantitative estimate of drug-likeness (QED) is 0.517. The molecule has 7 heteroatoms. The Kier molecular flexibility index (Phi) is 4.54. The molecular weight excluding hydrogens is 336 g/mol. The number of ether oxygens (including phenoxy) is 2. The number of esters is 1. The summed E-state index contributed by atoms with van der Waals surface area (Å²) >= 11 is 7.39. The van der Waals surface area contributed by atoms with Gasteiger partial charge >= 0.3 is 5.97 Å². The third kappa shape index (κ3) is 3.48. The smallest absolute Gasteiger partial charge is 0.358 e. The summed E-state index contributed by atoms with van der Waals surface area (Å²) in [7, 11) is 0. The third-order valence-corrected chi connectivity index (χ3v) is 4.21. The zero-order valence-electron chi connectivity index (χ0n) is 12.7. The van der Waals surface area contributed by atoms with Gasteiger partial charge < -0.3 is 9.47 Å². The Morgan fingerprint density at radius 1 is 1.26 bits per heavy atom. The third-order valence-electron chi connectivity index (χ3n) is 3.19. The van der Waals surface area contributed by atoms with E-state index >= 15 is 0 Å². The summed E-state index contributed by atoms with van der Waals surface area (Å²) in [5, 5.41) is 1.98. The molecule has 3 rings (SSSR count). The van der Waals surface area contributed by atoms with Gasteiger partial charge in [0.2, 0.25) is 0 Å². The van der Waals surface area contributed by atoms with Crippen LogP contribution in [0.2, 0.25) is 5.15 Å². The average Bonchev–Trinajstić information content (AvgIpc) is 3.02. The van der Waals surface area contributed by atoms with Crippen molar-refractivity contribution in [1.82, 2.24) is 9.38 Å². The van der Waals surface area contributed by atoms with Crippen LogP contribution in [0.25, 0.3) is 4.96 Å². The van der Waals surface area contributed by atoms with Gasteiger partial charge in [0.15, 0.2) is 15.8 Å². The topological polar surface area (TPSA) is 52.8 Å². The van der Waals surface area contributed by atoms with Crippen LogP contribution < -0.4 is 4.74 Å². The first kappa shape index (κ1) is 15.8. The van der Waals surface area contributed by atoms with E-state index in [0.29, 0.717) is 4.96 Å². The van der Waals surface area contributed by atoms with Gasteiger partial charge in [0.1, 0.15) is 19.0 Å². The van der Waals surface area contributed by atoms with Crippen molar-refractivity contribution in [2.24, 2.45) is 0 Å². The Hall–Kier alpha value is -2.05. The monoisotopic (exact) mass is 350 g/mol. The van der Waals surface area contributed by atoms with Crippen molar-refractivity contribution in [3.63, 3.8) is 0 Å². The standard InChI is InChI=1S/C16H15ClN2O3S/c1-10-7-11(2)9-12(8-10)21-4-5-22-15(20)13-14(17)18-16-19(13)3-6-23-16/h3,6-9H,4-5H2,1-2H3. The highest BCUT2D eigenvalue weighted by Gasteiger charge is 2.20. The molecule has 0 saturated carbocycles. The zero-order chi connectivity index (χ0) is 16.4. The maximum Gasteiger partial charge on any atom is 0.358 e. The summed E-state index contributed by atoms with van der Waals surface area (Å²) in [6.07, 6.45) is 1.74. The lowest BCUT2D eigenvalue weighted by atomic mass is 10.1. The van der Waals surface area contributed by atoms with Crippen LogP contribution in [0.3, 0.4) is 0 Å². The molecule has 0 N–H and O–H groups in total. The lowest BCUT2D eigenvalue weighted by Gasteiger charge is -2.09. The molecule has 0 unspecified atom stereocenters. The zero-order valence-corrected chi connectivity index (χ0v) is 14.3. The number of imidazole rings is 1. The average molecular weight is 351 g/mol. The Labute approximate surface area is 142 Å². The molecule has 0 atom stereocenters. The van der Waals surface area contributed by atoms with E-state index in [1.807, 2.05) is 31.4 Å². The van der Waals surface area contributed by atoms with Gasteiger partial charge in [-0.3, -0.25) is 4.40 Å². The predicted octanol–water partition coefficient (Wildman–Crippen LogP) is 3.90. The fraction of sp³-hybridized carbons (Fsp3) is 0.250. The molecule has 2 heterocycles. The summed E-state index contributed by atoms with van der Waals surface area (Å²) in [5.74, 6) is 0.256. The van der Waals surface area contributed by atoms with Gasteiger partial charge in [0.25, 0.3) is 0 Å². The van der Waals surface area contributed by atoms with Gasteiger partial charge in [-0.15, -0.1) is 11.3 Å². The number of thiazole rings is 1. The summed E-state index contributed by atoms with van der Waals surface area (Å²) in [4.78, 5) is 16.9. The lowest BCUT2D eigenvalue weighted by Crippen LogP contribution is -2.14. The second-order valence-corrected chi connectivity index (χ2v) is 6.35. The van der Waals surface area contributed by atoms with Crippen LogP contribution in [-0.2, 0) is 4.74 Å². The molecular formula is C16H15ClN2O3S. The van der Waals surface area contributed by atoms with Gasteiger partial charge in [-0.25, -0.2) is 9.78 Å². The number of aryl methyl sites for hydroxylation is 2. The fourth-order valence-electron chi connectivity index (χ4n) is 2.32. The van der Waals surface area contributed by atoms with E-state index in [0.717, 1.165) is 16.9 Å². The SMILES string of the molecule is Cc1cc(C)cc(OCCOC(=O)c2c(Cl)nc3sccn23)c1. The van der Waals surface area contributed by atoms with Crippen LogP contribution in [0.15, 0.2) is 29.8 Å². The molecule has 5 nitrogen and oxygen atoms in total. The van der Waals surface area contributed by atoms with Crippen molar-refractivity contribution >= 4 is 33.9 Å². The molecule has 120 valence electrons. The lowest BCUT2D eigenvalue weighted by molar-refractivity contribution is 0.0442. The number of benzene rings is 1. The molecule has 0 fully saturated rings. The molecule has 3 aromatic rings. The van der Waals surface area contributed by atoms with Gasteiger partial charge in [-0.2, -0.15) is 0 Å². The Balaban J connectivity index is 1.57. The summed E-state index contributed by atoms with van der Waals surface area (Å²) in [5.41, 5.74) is 2.50. The van der Waals surface area contributed by atoms with E-state index in [-0.39, 0.29) is 24.1 Å². The fourth-order valence-corrected chi connectivity index (χ4v) is 3.33. The predicted molar refractivity (Wildman–Crippen MR) is 89.8 cm³/mol. The molecule has 0 aliphatic rings. The molecule has 0 aliphatic heterocycles. The first-order chi connectivity index (χ1) is 11.0. The van der Waals surface area contributed by atoms with E-state index in [1.165, 1.54) is 11.3 Å². The summed E-state index contributed by atoms with van der Waals surface area (Å²) < 4.78 is 12.5. The van der Waals surface area contributed by atoms with E-state index in [9.17, 15) is 4.79 Å². The maximum atomic E-state index is 12.1. The Morgan fingerprint density at radius 2 is 2.00 bits per heavy atom. The van der Waals surface area contributed by atoms with E-state index < -0.39 is 5.97 Å². The van der Waals surface area contributed by atoms with Gasteiger partial charge in [-0.1, -0.05) is 17.7 Å². The molecule has 0 saturated heterocycles. The van der Waals surface area contributed by atoms with Gasteiger partial charge in [-0.05, 0) is 37.1 Å². The normalized spacial score (nSPS) is 10.9. The number of hydrogen-bond acceptors (Lipinski definition) is 5. The second kappa shape index (κ2) is 6.60. The highest BCUT2D eigenvalue weighted by Crippen LogP contribution is 2.22. The van der Waals surface area contributed by atoms with Crippen LogP contribution in [0.1, 0.15) is 21.6 Å². The Morgan fingerprint density at radius 3 is 2.74 bits per heavy atom. The van der Waals surface area contributed by atoms with Crippen molar-refractivity contribution in [2.45, 2.75) is 13.8 Å². The molecule has 0 spiro atoms. The van der Waals surface area contributed by atoms with Crippen molar-refractivity contribution < 1.29 is 14.3 Å². The molecule has 0 aliphatic carbocycles. The molecule has 2 aromatic heterocycles. The molecule has 23 heavy (non-hydrogen) atoms. The number of halogens is 1. The highest BCUT2D eigenvalue weighted by atomic mass is 35.5. The molecule has 0 amide bonds.